The average molecular weight is 200 g/mol. The van der Waals surface area contributed by atoms with Crippen LogP contribution in [0.15, 0.2) is 0 Å². The van der Waals surface area contributed by atoms with Gasteiger partial charge in [-0.15, -0.1) is 0 Å². The molecule has 0 aromatic carbocycles. The number of hydrogen-bond donors (Lipinski definition) is 1. The van der Waals surface area contributed by atoms with Gasteiger partial charge in [0.05, 0.1) is 19.6 Å². The van der Waals surface area contributed by atoms with E-state index in [1.54, 1.807) is 0 Å². The van der Waals surface area contributed by atoms with Crippen LogP contribution in [0.1, 0.15) is 39.0 Å². The molecule has 2 atom stereocenters. The van der Waals surface area contributed by atoms with E-state index in [2.05, 4.69) is 4.74 Å². The van der Waals surface area contributed by atoms with Gasteiger partial charge in [0.2, 0.25) is 0 Å². The van der Waals surface area contributed by atoms with Crippen LogP contribution in [0.5, 0.6) is 0 Å². The molecule has 0 radical (unpaired) electrons. The summed E-state index contributed by atoms with van der Waals surface area (Å²) in [5, 5.41) is 9.95. The molecule has 1 rings (SSSR count). The molecule has 82 valence electrons. The van der Waals surface area contributed by atoms with Crippen molar-refractivity contribution >= 4 is 5.97 Å². The topological polar surface area (TPSA) is 46.5 Å². The molecule has 1 N–H and O–H groups in total. The second kappa shape index (κ2) is 5.35. The Hall–Kier alpha value is -0.570. The van der Waals surface area contributed by atoms with Crippen LogP contribution in [0.2, 0.25) is 0 Å². The zero-order valence-electron chi connectivity index (χ0n) is 9.03. The molecular formula is C11H20O3. The highest BCUT2D eigenvalue weighted by atomic mass is 16.5. The third-order valence-electron chi connectivity index (χ3n) is 3.18. The minimum absolute atomic E-state index is 0.0190. The number of methoxy groups -OCH3 is 1. The summed E-state index contributed by atoms with van der Waals surface area (Å²) >= 11 is 0. The molecule has 0 bridgehead atoms. The normalized spacial score (nSPS) is 21.9. The third kappa shape index (κ3) is 2.98. The molecule has 0 aliphatic heterocycles. The van der Waals surface area contributed by atoms with Crippen molar-refractivity contribution in [2.24, 2.45) is 11.8 Å². The molecule has 1 saturated carbocycles. The molecule has 3 nitrogen and oxygen atoms in total. The summed E-state index contributed by atoms with van der Waals surface area (Å²) in [5.74, 6) is 0.190. The summed E-state index contributed by atoms with van der Waals surface area (Å²) in [4.78, 5) is 11.0. The Bertz CT molecular complexity index is 185. The summed E-state index contributed by atoms with van der Waals surface area (Å²) < 4.78 is 4.58. The van der Waals surface area contributed by atoms with E-state index in [1.807, 2.05) is 6.92 Å². The van der Waals surface area contributed by atoms with E-state index in [1.165, 1.54) is 20.0 Å². The maximum Gasteiger partial charge on any atom is 0.305 e. The highest BCUT2D eigenvalue weighted by Crippen LogP contribution is 2.31. The first-order valence-corrected chi connectivity index (χ1v) is 5.40. The number of aliphatic hydroxyl groups excluding tert-OH is 1. The first-order valence-electron chi connectivity index (χ1n) is 5.40. The van der Waals surface area contributed by atoms with E-state index in [-0.39, 0.29) is 18.0 Å². The lowest BCUT2D eigenvalue weighted by Crippen LogP contribution is -2.27. The fraction of sp³-hybridized carbons (Fsp3) is 0.909. The van der Waals surface area contributed by atoms with Crippen molar-refractivity contribution in [3.05, 3.63) is 0 Å². The van der Waals surface area contributed by atoms with E-state index in [4.69, 9.17) is 0 Å². The van der Waals surface area contributed by atoms with Gasteiger partial charge >= 0.3 is 5.97 Å². The van der Waals surface area contributed by atoms with Gasteiger partial charge in [-0.25, -0.2) is 0 Å². The van der Waals surface area contributed by atoms with Gasteiger partial charge in [-0.2, -0.15) is 0 Å². The van der Waals surface area contributed by atoms with Crippen LogP contribution in [0.4, 0.5) is 0 Å². The standard InChI is InChI=1S/C11H20O3/c1-8(7-10(12)14-2)11(13)9-5-3-4-6-9/h8-9,11,13H,3-7H2,1-2H3. The molecular weight excluding hydrogens is 180 g/mol. The lowest BCUT2D eigenvalue weighted by Gasteiger charge is -2.23. The Balaban J connectivity index is 2.34. The predicted molar refractivity (Wildman–Crippen MR) is 53.8 cm³/mol. The van der Waals surface area contributed by atoms with E-state index >= 15 is 0 Å². The van der Waals surface area contributed by atoms with Gasteiger partial charge in [0.25, 0.3) is 0 Å². The van der Waals surface area contributed by atoms with E-state index in [9.17, 15) is 9.90 Å². The number of esters is 1. The van der Waals surface area contributed by atoms with Crippen molar-refractivity contribution in [1.29, 1.82) is 0 Å². The lowest BCUT2D eigenvalue weighted by atomic mass is 9.89. The fourth-order valence-corrected chi connectivity index (χ4v) is 2.23. The Morgan fingerprint density at radius 1 is 1.50 bits per heavy atom. The molecule has 0 saturated heterocycles. The second-order valence-corrected chi connectivity index (χ2v) is 4.29. The number of rotatable bonds is 4. The van der Waals surface area contributed by atoms with Crippen LogP contribution in [0, 0.1) is 11.8 Å². The average Bonchev–Trinajstić information content (AvgIpc) is 2.69. The lowest BCUT2D eigenvalue weighted by molar-refractivity contribution is -0.142. The van der Waals surface area contributed by atoms with E-state index in [0.717, 1.165) is 12.8 Å². The first-order chi connectivity index (χ1) is 6.65. The Kier molecular flexibility index (Phi) is 4.39. The summed E-state index contributed by atoms with van der Waals surface area (Å²) in [5.41, 5.74) is 0. The number of ether oxygens (including phenoxy) is 1. The molecule has 1 aliphatic carbocycles. The summed E-state index contributed by atoms with van der Waals surface area (Å²) in [7, 11) is 1.39. The summed E-state index contributed by atoms with van der Waals surface area (Å²) in [6.45, 7) is 1.92. The monoisotopic (exact) mass is 200 g/mol. The minimum atomic E-state index is -0.336. The van der Waals surface area contributed by atoms with Crippen LogP contribution in [-0.2, 0) is 9.53 Å². The smallest absolute Gasteiger partial charge is 0.305 e. The van der Waals surface area contributed by atoms with Crippen LogP contribution in [-0.4, -0.2) is 24.3 Å². The van der Waals surface area contributed by atoms with Crippen molar-refractivity contribution in [2.45, 2.75) is 45.1 Å². The molecule has 0 amide bonds. The van der Waals surface area contributed by atoms with Gasteiger partial charge in [-0.3, -0.25) is 4.79 Å². The summed E-state index contributed by atoms with van der Waals surface area (Å²) in [6, 6.07) is 0. The molecule has 0 spiro atoms. The van der Waals surface area contributed by atoms with Gasteiger partial charge in [0, 0.05) is 0 Å². The molecule has 1 aliphatic rings. The molecule has 0 aromatic rings. The SMILES string of the molecule is COC(=O)CC(C)C(O)C1CCCC1. The van der Waals surface area contributed by atoms with Crippen molar-refractivity contribution in [3.8, 4) is 0 Å². The number of carbonyl (C=O) groups excluding carboxylic acids is 1. The third-order valence-corrected chi connectivity index (χ3v) is 3.18. The molecule has 0 aromatic heterocycles. The first kappa shape index (κ1) is 11.5. The zero-order chi connectivity index (χ0) is 10.6. The van der Waals surface area contributed by atoms with Crippen LogP contribution in [0.25, 0.3) is 0 Å². The van der Waals surface area contributed by atoms with Crippen LogP contribution >= 0.6 is 0 Å². The van der Waals surface area contributed by atoms with Crippen molar-refractivity contribution in [3.63, 3.8) is 0 Å². The van der Waals surface area contributed by atoms with Crippen molar-refractivity contribution in [1.82, 2.24) is 0 Å². The van der Waals surface area contributed by atoms with Gasteiger partial charge in [0.1, 0.15) is 0 Å². The molecule has 2 unspecified atom stereocenters. The maximum absolute atomic E-state index is 11.0. The van der Waals surface area contributed by atoms with Gasteiger partial charge in [-0.05, 0) is 24.7 Å². The van der Waals surface area contributed by atoms with Crippen LogP contribution < -0.4 is 0 Å². The van der Waals surface area contributed by atoms with Crippen molar-refractivity contribution in [2.75, 3.05) is 7.11 Å². The molecule has 14 heavy (non-hydrogen) atoms. The van der Waals surface area contributed by atoms with Crippen molar-refractivity contribution < 1.29 is 14.6 Å². The number of aliphatic hydroxyl groups is 1. The van der Waals surface area contributed by atoms with E-state index < -0.39 is 0 Å². The molecule has 1 fully saturated rings. The highest BCUT2D eigenvalue weighted by Gasteiger charge is 2.28. The number of hydrogen-bond acceptors (Lipinski definition) is 3. The molecule has 0 heterocycles. The Morgan fingerprint density at radius 3 is 2.57 bits per heavy atom. The fourth-order valence-electron chi connectivity index (χ4n) is 2.23. The maximum atomic E-state index is 11.0. The Morgan fingerprint density at radius 2 is 2.07 bits per heavy atom. The zero-order valence-corrected chi connectivity index (χ0v) is 9.03. The van der Waals surface area contributed by atoms with E-state index in [0.29, 0.717) is 12.3 Å². The Labute approximate surface area is 85.5 Å². The van der Waals surface area contributed by atoms with Gasteiger partial charge in [-0.1, -0.05) is 19.8 Å². The molecule has 3 heteroatoms. The largest absolute Gasteiger partial charge is 0.469 e. The second-order valence-electron chi connectivity index (χ2n) is 4.29. The van der Waals surface area contributed by atoms with Gasteiger partial charge < -0.3 is 9.84 Å². The predicted octanol–water partition coefficient (Wildman–Crippen LogP) is 1.74. The highest BCUT2D eigenvalue weighted by molar-refractivity contribution is 5.69. The summed E-state index contributed by atoms with van der Waals surface area (Å²) in [6.07, 6.45) is 4.63. The van der Waals surface area contributed by atoms with Crippen LogP contribution in [0.3, 0.4) is 0 Å². The van der Waals surface area contributed by atoms with Gasteiger partial charge in [0.15, 0.2) is 0 Å². The number of carbonyl (C=O) groups is 1. The minimum Gasteiger partial charge on any atom is -0.469 e. The quantitative estimate of drug-likeness (QED) is 0.703.